The molecule has 0 saturated carbocycles. The highest BCUT2D eigenvalue weighted by Gasteiger charge is 2.17. The van der Waals surface area contributed by atoms with Crippen LogP contribution < -0.4 is 5.73 Å². The molecule has 1 saturated heterocycles. The van der Waals surface area contributed by atoms with E-state index in [1.54, 1.807) is 0 Å². The SMILES string of the molecule is COC(=O)C(N)CCCC1CCCO1. The minimum atomic E-state index is -0.471. The summed E-state index contributed by atoms with van der Waals surface area (Å²) < 4.78 is 10.0. The van der Waals surface area contributed by atoms with Gasteiger partial charge in [-0.25, -0.2) is 0 Å². The van der Waals surface area contributed by atoms with Crippen LogP contribution in [0.25, 0.3) is 0 Å². The summed E-state index contributed by atoms with van der Waals surface area (Å²) in [6.07, 6.45) is 5.32. The van der Waals surface area contributed by atoms with Crippen LogP contribution in [0.4, 0.5) is 0 Å². The molecule has 0 aromatic rings. The van der Waals surface area contributed by atoms with Crippen molar-refractivity contribution < 1.29 is 14.3 Å². The zero-order chi connectivity index (χ0) is 10.4. The summed E-state index contributed by atoms with van der Waals surface area (Å²) >= 11 is 0. The van der Waals surface area contributed by atoms with Crippen molar-refractivity contribution in [2.45, 2.75) is 44.2 Å². The zero-order valence-corrected chi connectivity index (χ0v) is 8.70. The lowest BCUT2D eigenvalue weighted by atomic mass is 10.1. The Morgan fingerprint density at radius 1 is 1.71 bits per heavy atom. The highest BCUT2D eigenvalue weighted by Crippen LogP contribution is 2.17. The van der Waals surface area contributed by atoms with E-state index in [2.05, 4.69) is 4.74 Å². The van der Waals surface area contributed by atoms with Crippen LogP contribution >= 0.6 is 0 Å². The number of rotatable bonds is 5. The van der Waals surface area contributed by atoms with E-state index in [1.165, 1.54) is 7.11 Å². The van der Waals surface area contributed by atoms with Crippen LogP contribution in [0.5, 0.6) is 0 Å². The van der Waals surface area contributed by atoms with E-state index < -0.39 is 6.04 Å². The number of hydrogen-bond donors (Lipinski definition) is 1. The first-order chi connectivity index (χ1) is 6.74. The molecule has 4 heteroatoms. The Labute approximate surface area is 84.7 Å². The summed E-state index contributed by atoms with van der Waals surface area (Å²) in [6, 6.07) is -0.471. The molecule has 4 nitrogen and oxygen atoms in total. The lowest BCUT2D eigenvalue weighted by molar-refractivity contribution is -0.142. The Bertz CT molecular complexity index is 178. The van der Waals surface area contributed by atoms with E-state index in [-0.39, 0.29) is 5.97 Å². The maximum Gasteiger partial charge on any atom is 0.322 e. The average Bonchev–Trinajstić information content (AvgIpc) is 2.69. The van der Waals surface area contributed by atoms with Crippen molar-refractivity contribution >= 4 is 5.97 Å². The molecule has 0 amide bonds. The molecular weight excluding hydrogens is 182 g/mol. The van der Waals surface area contributed by atoms with E-state index in [9.17, 15) is 4.79 Å². The van der Waals surface area contributed by atoms with Crippen LogP contribution in [0, 0.1) is 0 Å². The largest absolute Gasteiger partial charge is 0.468 e. The summed E-state index contributed by atoms with van der Waals surface area (Å²) in [4.78, 5) is 11.0. The molecule has 0 aliphatic carbocycles. The number of esters is 1. The number of nitrogens with two attached hydrogens (primary N) is 1. The van der Waals surface area contributed by atoms with Gasteiger partial charge < -0.3 is 15.2 Å². The molecule has 82 valence electrons. The van der Waals surface area contributed by atoms with Crippen molar-refractivity contribution in [2.75, 3.05) is 13.7 Å². The monoisotopic (exact) mass is 201 g/mol. The van der Waals surface area contributed by atoms with Crippen LogP contribution in [0.1, 0.15) is 32.1 Å². The number of ether oxygens (including phenoxy) is 2. The van der Waals surface area contributed by atoms with E-state index in [0.717, 1.165) is 32.3 Å². The maximum atomic E-state index is 11.0. The molecule has 0 radical (unpaired) electrons. The van der Waals surface area contributed by atoms with Crippen LogP contribution in [-0.4, -0.2) is 31.8 Å². The van der Waals surface area contributed by atoms with E-state index in [0.29, 0.717) is 12.5 Å². The molecule has 1 aliphatic heterocycles. The number of methoxy groups -OCH3 is 1. The van der Waals surface area contributed by atoms with Crippen LogP contribution in [0.15, 0.2) is 0 Å². The Kier molecular flexibility index (Phi) is 4.90. The van der Waals surface area contributed by atoms with Gasteiger partial charge in [-0.15, -0.1) is 0 Å². The van der Waals surface area contributed by atoms with Crippen LogP contribution in [0.2, 0.25) is 0 Å². The molecule has 14 heavy (non-hydrogen) atoms. The molecule has 0 bridgehead atoms. The van der Waals surface area contributed by atoms with Crippen molar-refractivity contribution in [2.24, 2.45) is 5.73 Å². The standard InChI is InChI=1S/C10H19NO3/c1-13-10(12)9(11)6-2-4-8-5-3-7-14-8/h8-9H,2-7,11H2,1H3. The van der Waals surface area contributed by atoms with Crippen LogP contribution in [0.3, 0.4) is 0 Å². The van der Waals surface area contributed by atoms with Crippen molar-refractivity contribution in [1.82, 2.24) is 0 Å². The predicted octanol–water partition coefficient (Wildman–Crippen LogP) is 0.836. The van der Waals surface area contributed by atoms with Gasteiger partial charge in [0.05, 0.1) is 13.2 Å². The van der Waals surface area contributed by atoms with Crippen molar-refractivity contribution in [1.29, 1.82) is 0 Å². The minimum absolute atomic E-state index is 0.322. The third-order valence-electron chi connectivity index (χ3n) is 2.57. The van der Waals surface area contributed by atoms with Crippen molar-refractivity contribution in [3.63, 3.8) is 0 Å². The first-order valence-corrected chi connectivity index (χ1v) is 5.19. The van der Waals surface area contributed by atoms with Gasteiger partial charge in [0, 0.05) is 6.61 Å². The lowest BCUT2D eigenvalue weighted by Gasteiger charge is -2.11. The highest BCUT2D eigenvalue weighted by molar-refractivity contribution is 5.75. The first-order valence-electron chi connectivity index (χ1n) is 5.19. The summed E-state index contributed by atoms with van der Waals surface area (Å²) in [5, 5.41) is 0. The fourth-order valence-corrected chi connectivity index (χ4v) is 1.71. The van der Waals surface area contributed by atoms with E-state index in [4.69, 9.17) is 10.5 Å². The molecular formula is C10H19NO3. The second-order valence-electron chi connectivity index (χ2n) is 3.70. The Morgan fingerprint density at radius 3 is 3.07 bits per heavy atom. The van der Waals surface area contributed by atoms with Gasteiger partial charge in [-0.1, -0.05) is 0 Å². The van der Waals surface area contributed by atoms with Crippen molar-refractivity contribution in [3.05, 3.63) is 0 Å². The molecule has 1 aliphatic rings. The number of carbonyl (C=O) groups is 1. The maximum absolute atomic E-state index is 11.0. The summed E-state index contributed by atoms with van der Waals surface area (Å²) in [7, 11) is 1.36. The van der Waals surface area contributed by atoms with Gasteiger partial charge in [0.2, 0.25) is 0 Å². The highest BCUT2D eigenvalue weighted by atomic mass is 16.5. The van der Waals surface area contributed by atoms with Gasteiger partial charge in [0.15, 0.2) is 0 Å². The third kappa shape index (κ3) is 3.64. The predicted molar refractivity (Wildman–Crippen MR) is 52.8 cm³/mol. The van der Waals surface area contributed by atoms with Gasteiger partial charge >= 0.3 is 5.97 Å². The third-order valence-corrected chi connectivity index (χ3v) is 2.57. The second kappa shape index (κ2) is 5.98. The molecule has 1 rings (SSSR count). The van der Waals surface area contributed by atoms with E-state index in [1.807, 2.05) is 0 Å². The summed E-state index contributed by atoms with van der Waals surface area (Å²) in [5.74, 6) is -0.322. The molecule has 1 heterocycles. The summed E-state index contributed by atoms with van der Waals surface area (Å²) in [6.45, 7) is 0.883. The molecule has 2 atom stereocenters. The molecule has 1 fully saturated rings. The Morgan fingerprint density at radius 2 is 2.50 bits per heavy atom. The van der Waals surface area contributed by atoms with Gasteiger partial charge in [-0.3, -0.25) is 4.79 Å². The topological polar surface area (TPSA) is 61.5 Å². The molecule has 2 N–H and O–H groups in total. The molecule has 0 aromatic heterocycles. The summed E-state index contributed by atoms with van der Waals surface area (Å²) in [5.41, 5.74) is 5.60. The quantitative estimate of drug-likeness (QED) is 0.669. The van der Waals surface area contributed by atoms with Gasteiger partial charge in [0.1, 0.15) is 6.04 Å². The lowest BCUT2D eigenvalue weighted by Crippen LogP contribution is -2.31. The second-order valence-corrected chi connectivity index (χ2v) is 3.70. The zero-order valence-electron chi connectivity index (χ0n) is 8.70. The Balaban J connectivity index is 2.05. The average molecular weight is 201 g/mol. The first kappa shape index (κ1) is 11.5. The van der Waals surface area contributed by atoms with Crippen LogP contribution in [-0.2, 0) is 14.3 Å². The molecule has 2 unspecified atom stereocenters. The van der Waals surface area contributed by atoms with E-state index >= 15 is 0 Å². The fraction of sp³-hybridized carbons (Fsp3) is 0.900. The fourth-order valence-electron chi connectivity index (χ4n) is 1.71. The molecule has 0 spiro atoms. The smallest absolute Gasteiger partial charge is 0.322 e. The van der Waals surface area contributed by atoms with Crippen molar-refractivity contribution in [3.8, 4) is 0 Å². The Hall–Kier alpha value is -0.610. The minimum Gasteiger partial charge on any atom is -0.468 e. The normalized spacial score (nSPS) is 23.4. The van der Waals surface area contributed by atoms with Gasteiger partial charge in [0.25, 0.3) is 0 Å². The van der Waals surface area contributed by atoms with Gasteiger partial charge in [-0.2, -0.15) is 0 Å². The number of hydrogen-bond acceptors (Lipinski definition) is 4. The number of carbonyl (C=O) groups excluding carboxylic acids is 1. The molecule has 0 aromatic carbocycles. The van der Waals surface area contributed by atoms with Gasteiger partial charge in [-0.05, 0) is 32.1 Å².